The number of halogens is 2. The molecule has 0 amide bonds. The minimum Gasteiger partial charge on any atom is -1.00 e. The van der Waals surface area contributed by atoms with Crippen molar-refractivity contribution < 1.29 is 28.5 Å². The summed E-state index contributed by atoms with van der Waals surface area (Å²) in [6, 6.07) is 0. The van der Waals surface area contributed by atoms with Crippen molar-refractivity contribution in [1.29, 1.82) is 0 Å². The largest absolute Gasteiger partial charge is 1.00 e. The third kappa shape index (κ3) is 18.9. The number of hydrogen-bond donors (Lipinski definition) is 0. The van der Waals surface area contributed by atoms with E-state index in [1.807, 2.05) is 0 Å². The molecule has 1 nitrogen and oxygen atoms in total. The second-order valence-corrected chi connectivity index (χ2v) is 7.34. The maximum atomic E-state index is 5.74. The van der Waals surface area contributed by atoms with Crippen molar-refractivity contribution in [1.82, 2.24) is 0 Å². The molecule has 3 heteroatoms. The molecule has 0 rings (SSSR count). The normalized spacial score (nSPS) is 11.4. The van der Waals surface area contributed by atoms with Gasteiger partial charge in [0.15, 0.2) is 0 Å². The zero-order valence-electron chi connectivity index (χ0n) is 14.8. The van der Waals surface area contributed by atoms with Crippen LogP contribution in [0.25, 0.3) is 0 Å². The molecule has 0 unspecified atom stereocenters. The highest BCUT2D eigenvalue weighted by Crippen LogP contribution is 2.12. The van der Waals surface area contributed by atoms with E-state index in [0.29, 0.717) is 0 Å². The molecule has 130 valence electrons. The average molecular weight is 432 g/mol. The summed E-state index contributed by atoms with van der Waals surface area (Å²) in [5, 5.41) is 0. The Bertz CT molecular complexity index is 198. The van der Waals surface area contributed by atoms with Gasteiger partial charge < -0.3 is 28.5 Å². The Morgan fingerprint density at radius 3 is 1.43 bits per heavy atom. The van der Waals surface area contributed by atoms with Crippen LogP contribution < -0.4 is 24.0 Å². The standard InChI is InChI=1S/C18H39ClN.HI/c1-4-5-6-7-8-9-10-11-12-14-17-20(2,3)18-15-13-16-19;/h4-18H2,1-3H3;1H/q+1;/p-1. The highest BCUT2D eigenvalue weighted by Gasteiger charge is 2.13. The summed E-state index contributed by atoms with van der Waals surface area (Å²) in [4.78, 5) is 0. The number of nitrogens with zero attached hydrogens (tertiary/aromatic N) is 1. The maximum Gasteiger partial charge on any atom is 0.0782 e. The van der Waals surface area contributed by atoms with Crippen molar-refractivity contribution in [2.75, 3.05) is 33.1 Å². The van der Waals surface area contributed by atoms with Gasteiger partial charge in [-0.05, 0) is 25.7 Å². The minimum atomic E-state index is 0. The van der Waals surface area contributed by atoms with Crippen LogP contribution in [0.3, 0.4) is 0 Å². The van der Waals surface area contributed by atoms with Gasteiger partial charge in [0.1, 0.15) is 0 Å². The summed E-state index contributed by atoms with van der Waals surface area (Å²) in [6.07, 6.45) is 16.8. The van der Waals surface area contributed by atoms with Crippen LogP contribution in [0.5, 0.6) is 0 Å². The van der Waals surface area contributed by atoms with Gasteiger partial charge in [-0.2, -0.15) is 0 Å². The lowest BCUT2D eigenvalue weighted by molar-refractivity contribution is -0.890. The van der Waals surface area contributed by atoms with Gasteiger partial charge in [0.25, 0.3) is 0 Å². The topological polar surface area (TPSA) is 0 Å². The molecule has 0 fully saturated rings. The van der Waals surface area contributed by atoms with Gasteiger partial charge >= 0.3 is 0 Å². The number of alkyl halides is 1. The Labute approximate surface area is 156 Å². The fourth-order valence-corrected chi connectivity index (χ4v) is 2.96. The molecule has 21 heavy (non-hydrogen) atoms. The molecule has 0 heterocycles. The van der Waals surface area contributed by atoms with Crippen LogP contribution in [0.15, 0.2) is 0 Å². The molecule has 0 N–H and O–H groups in total. The number of hydrogen-bond acceptors (Lipinski definition) is 0. The summed E-state index contributed by atoms with van der Waals surface area (Å²) in [7, 11) is 4.73. The van der Waals surface area contributed by atoms with E-state index in [2.05, 4.69) is 21.0 Å². The van der Waals surface area contributed by atoms with Crippen LogP contribution in [0.4, 0.5) is 0 Å². The third-order valence-electron chi connectivity index (χ3n) is 4.26. The summed E-state index contributed by atoms with van der Waals surface area (Å²) < 4.78 is 1.17. The lowest BCUT2D eigenvalue weighted by atomic mass is 10.1. The third-order valence-corrected chi connectivity index (χ3v) is 4.53. The van der Waals surface area contributed by atoms with Crippen LogP contribution in [-0.2, 0) is 0 Å². The monoisotopic (exact) mass is 431 g/mol. The predicted octanol–water partition coefficient (Wildman–Crippen LogP) is 3.01. The first kappa shape index (κ1) is 24.2. The molecular weight excluding hydrogens is 393 g/mol. The zero-order chi connectivity index (χ0) is 15.1. The quantitative estimate of drug-likeness (QED) is 0.162. The molecule has 0 atom stereocenters. The van der Waals surface area contributed by atoms with Gasteiger partial charge in [-0.1, -0.05) is 58.3 Å². The van der Waals surface area contributed by atoms with Crippen molar-refractivity contribution >= 4 is 11.6 Å². The van der Waals surface area contributed by atoms with E-state index >= 15 is 0 Å². The van der Waals surface area contributed by atoms with Gasteiger partial charge in [0, 0.05) is 5.88 Å². The molecule has 0 saturated heterocycles. The zero-order valence-corrected chi connectivity index (χ0v) is 17.7. The molecule has 0 aromatic heterocycles. The molecule has 0 aliphatic carbocycles. The van der Waals surface area contributed by atoms with Crippen molar-refractivity contribution in [2.24, 2.45) is 0 Å². The van der Waals surface area contributed by atoms with E-state index in [1.165, 1.54) is 94.6 Å². The summed E-state index contributed by atoms with van der Waals surface area (Å²) in [6.45, 7) is 4.90. The highest BCUT2D eigenvalue weighted by molar-refractivity contribution is 6.17. The van der Waals surface area contributed by atoms with Crippen molar-refractivity contribution in [3.05, 3.63) is 0 Å². The minimum absolute atomic E-state index is 0. The number of unbranched alkanes of at least 4 members (excludes halogenated alkanes) is 10. The Morgan fingerprint density at radius 2 is 1.00 bits per heavy atom. The highest BCUT2D eigenvalue weighted by atomic mass is 127. The van der Waals surface area contributed by atoms with E-state index in [1.54, 1.807) is 0 Å². The van der Waals surface area contributed by atoms with Gasteiger partial charge in [0.2, 0.25) is 0 Å². The molecular formula is C18H39ClIN. The first-order valence-electron chi connectivity index (χ1n) is 9.00. The first-order valence-corrected chi connectivity index (χ1v) is 9.54. The summed E-state index contributed by atoms with van der Waals surface area (Å²) >= 11 is 5.74. The van der Waals surface area contributed by atoms with Crippen LogP contribution >= 0.6 is 11.6 Å². The number of quaternary nitrogens is 1. The van der Waals surface area contributed by atoms with Crippen LogP contribution in [0.2, 0.25) is 0 Å². The molecule has 0 aromatic carbocycles. The first-order chi connectivity index (χ1) is 9.62. The molecule has 0 bridgehead atoms. The van der Waals surface area contributed by atoms with Crippen molar-refractivity contribution in [3.8, 4) is 0 Å². The Hall–Kier alpha value is 0.980. The van der Waals surface area contributed by atoms with Crippen LogP contribution in [-0.4, -0.2) is 37.5 Å². The average Bonchev–Trinajstić information content (AvgIpc) is 2.41. The Balaban J connectivity index is 0. The molecule has 0 aliphatic heterocycles. The van der Waals surface area contributed by atoms with E-state index in [9.17, 15) is 0 Å². The Kier molecular flexibility index (Phi) is 20.0. The molecule has 0 aliphatic rings. The molecule has 0 spiro atoms. The lowest BCUT2D eigenvalue weighted by Gasteiger charge is -2.29. The van der Waals surface area contributed by atoms with E-state index in [-0.39, 0.29) is 24.0 Å². The summed E-state index contributed by atoms with van der Waals surface area (Å²) in [5.74, 6) is 0.818. The fourth-order valence-electron chi connectivity index (χ4n) is 2.77. The predicted molar refractivity (Wildman–Crippen MR) is 93.6 cm³/mol. The molecule has 0 saturated carbocycles. The summed E-state index contributed by atoms with van der Waals surface area (Å²) in [5.41, 5.74) is 0. The van der Waals surface area contributed by atoms with Crippen molar-refractivity contribution in [3.63, 3.8) is 0 Å². The second kappa shape index (κ2) is 17.3. The fraction of sp³-hybridized carbons (Fsp3) is 1.00. The molecule has 0 radical (unpaired) electrons. The second-order valence-electron chi connectivity index (χ2n) is 6.96. The number of rotatable bonds is 15. The van der Waals surface area contributed by atoms with Crippen LogP contribution in [0, 0.1) is 0 Å². The van der Waals surface area contributed by atoms with Gasteiger partial charge in [-0.25, -0.2) is 0 Å². The maximum absolute atomic E-state index is 5.74. The smallest absolute Gasteiger partial charge is 0.0782 e. The SMILES string of the molecule is CCCCCCCCCCCC[N+](C)(C)CCCCCl.[I-]. The van der Waals surface area contributed by atoms with E-state index in [4.69, 9.17) is 11.6 Å². The Morgan fingerprint density at radius 1 is 0.619 bits per heavy atom. The van der Waals surface area contributed by atoms with Gasteiger partial charge in [-0.15, -0.1) is 11.6 Å². The van der Waals surface area contributed by atoms with E-state index < -0.39 is 0 Å². The lowest BCUT2D eigenvalue weighted by Crippen LogP contribution is -3.00. The van der Waals surface area contributed by atoms with Crippen LogP contribution in [0.1, 0.15) is 84.0 Å². The van der Waals surface area contributed by atoms with Crippen molar-refractivity contribution in [2.45, 2.75) is 84.0 Å². The van der Waals surface area contributed by atoms with Gasteiger partial charge in [0.05, 0.1) is 27.2 Å². The van der Waals surface area contributed by atoms with Gasteiger partial charge in [-0.3, -0.25) is 0 Å². The van der Waals surface area contributed by atoms with E-state index in [0.717, 1.165) is 5.88 Å². The molecule has 0 aromatic rings.